The van der Waals surface area contributed by atoms with Crippen molar-refractivity contribution in [1.82, 2.24) is 5.43 Å². The summed E-state index contributed by atoms with van der Waals surface area (Å²) in [4.78, 5) is 0. The van der Waals surface area contributed by atoms with Crippen LogP contribution >= 0.6 is 12.2 Å². The van der Waals surface area contributed by atoms with E-state index in [1.807, 2.05) is 31.2 Å². The Morgan fingerprint density at radius 2 is 1.85 bits per heavy atom. The standard InChI is InChI=1S/C15H14FN3S/c1-10-5-7-11(8-6-10)14(18-19-15(17)20)12-3-2-4-13(16)9-12/h2-9H,1H3,(H3,17,19,20)/b18-14-. The van der Waals surface area contributed by atoms with Crippen LogP contribution in [0.4, 0.5) is 4.39 Å². The van der Waals surface area contributed by atoms with E-state index in [2.05, 4.69) is 10.5 Å². The lowest BCUT2D eigenvalue weighted by molar-refractivity contribution is 0.627. The molecular weight excluding hydrogens is 273 g/mol. The van der Waals surface area contributed by atoms with Gasteiger partial charge in [-0.05, 0) is 31.3 Å². The van der Waals surface area contributed by atoms with Gasteiger partial charge in [-0.25, -0.2) is 4.39 Å². The summed E-state index contributed by atoms with van der Waals surface area (Å²) < 4.78 is 13.4. The fourth-order valence-electron chi connectivity index (χ4n) is 1.75. The molecule has 0 unspecified atom stereocenters. The summed E-state index contributed by atoms with van der Waals surface area (Å²) in [6.07, 6.45) is 0. The van der Waals surface area contributed by atoms with E-state index in [-0.39, 0.29) is 10.9 Å². The van der Waals surface area contributed by atoms with Gasteiger partial charge in [0.2, 0.25) is 0 Å². The second-order valence-corrected chi connectivity index (χ2v) is 4.75. The van der Waals surface area contributed by atoms with Crippen LogP contribution in [0.1, 0.15) is 16.7 Å². The maximum atomic E-state index is 13.4. The summed E-state index contributed by atoms with van der Waals surface area (Å²) in [5.74, 6) is -0.322. The lowest BCUT2D eigenvalue weighted by atomic mass is 10.0. The highest BCUT2D eigenvalue weighted by molar-refractivity contribution is 7.80. The topological polar surface area (TPSA) is 50.4 Å². The molecule has 2 aromatic carbocycles. The molecule has 2 aromatic rings. The Hall–Kier alpha value is -2.27. The van der Waals surface area contributed by atoms with Gasteiger partial charge in [-0.3, -0.25) is 5.43 Å². The van der Waals surface area contributed by atoms with E-state index in [9.17, 15) is 4.39 Å². The van der Waals surface area contributed by atoms with Gasteiger partial charge >= 0.3 is 0 Å². The molecule has 0 spiro atoms. The van der Waals surface area contributed by atoms with Crippen LogP contribution in [0, 0.1) is 12.7 Å². The smallest absolute Gasteiger partial charge is 0.184 e. The molecule has 0 amide bonds. The van der Waals surface area contributed by atoms with Crippen molar-refractivity contribution < 1.29 is 4.39 Å². The van der Waals surface area contributed by atoms with Gasteiger partial charge in [0.05, 0.1) is 5.71 Å². The second kappa shape index (κ2) is 6.25. The van der Waals surface area contributed by atoms with Crippen molar-refractivity contribution >= 4 is 23.0 Å². The molecule has 0 fully saturated rings. The maximum Gasteiger partial charge on any atom is 0.184 e. The molecule has 0 radical (unpaired) electrons. The number of aryl methyl sites for hydroxylation is 1. The van der Waals surface area contributed by atoms with Gasteiger partial charge in [0, 0.05) is 11.1 Å². The molecule has 102 valence electrons. The predicted molar refractivity (Wildman–Crippen MR) is 83.1 cm³/mol. The third kappa shape index (κ3) is 3.61. The largest absolute Gasteiger partial charge is 0.375 e. The second-order valence-electron chi connectivity index (χ2n) is 4.31. The molecule has 2 rings (SSSR count). The molecule has 0 aliphatic rings. The van der Waals surface area contributed by atoms with Gasteiger partial charge in [-0.2, -0.15) is 5.10 Å². The third-order valence-corrected chi connectivity index (χ3v) is 2.79. The van der Waals surface area contributed by atoms with Crippen LogP contribution in [0.25, 0.3) is 0 Å². The molecule has 0 aliphatic heterocycles. The van der Waals surface area contributed by atoms with Crippen LogP contribution in [0.5, 0.6) is 0 Å². The molecule has 0 bridgehead atoms. The first kappa shape index (κ1) is 14.1. The van der Waals surface area contributed by atoms with Gasteiger partial charge in [0.1, 0.15) is 5.82 Å². The minimum absolute atomic E-state index is 0.0611. The zero-order valence-electron chi connectivity index (χ0n) is 10.9. The number of benzene rings is 2. The molecule has 5 heteroatoms. The molecular formula is C15H14FN3S. The average molecular weight is 287 g/mol. The van der Waals surface area contributed by atoms with Crippen molar-refractivity contribution in [3.63, 3.8) is 0 Å². The Morgan fingerprint density at radius 3 is 2.45 bits per heavy atom. The number of halogens is 1. The molecule has 0 aromatic heterocycles. The molecule has 3 nitrogen and oxygen atoms in total. The van der Waals surface area contributed by atoms with E-state index in [0.717, 1.165) is 11.1 Å². The van der Waals surface area contributed by atoms with Gasteiger partial charge in [-0.1, -0.05) is 42.0 Å². The van der Waals surface area contributed by atoms with Crippen LogP contribution < -0.4 is 11.2 Å². The van der Waals surface area contributed by atoms with E-state index >= 15 is 0 Å². The number of thiocarbonyl (C=S) groups is 1. The Balaban J connectivity index is 2.47. The number of rotatable bonds is 3. The quantitative estimate of drug-likeness (QED) is 0.518. The highest BCUT2D eigenvalue weighted by Crippen LogP contribution is 2.13. The zero-order valence-corrected chi connectivity index (χ0v) is 11.7. The van der Waals surface area contributed by atoms with Crippen molar-refractivity contribution in [1.29, 1.82) is 0 Å². The van der Waals surface area contributed by atoms with E-state index in [4.69, 9.17) is 18.0 Å². The van der Waals surface area contributed by atoms with Crippen LogP contribution in [0.15, 0.2) is 53.6 Å². The maximum absolute atomic E-state index is 13.4. The van der Waals surface area contributed by atoms with Crippen molar-refractivity contribution in [3.8, 4) is 0 Å². The first-order valence-electron chi connectivity index (χ1n) is 6.02. The first-order valence-corrected chi connectivity index (χ1v) is 6.43. The first-order chi connectivity index (χ1) is 9.56. The van der Waals surface area contributed by atoms with E-state index in [1.165, 1.54) is 12.1 Å². The van der Waals surface area contributed by atoms with Crippen molar-refractivity contribution in [2.45, 2.75) is 6.92 Å². The molecule has 0 aliphatic carbocycles. The van der Waals surface area contributed by atoms with Crippen molar-refractivity contribution in [2.24, 2.45) is 10.8 Å². The van der Waals surface area contributed by atoms with Crippen LogP contribution in [0.2, 0.25) is 0 Å². The number of hydrazone groups is 1. The van der Waals surface area contributed by atoms with Gasteiger partial charge < -0.3 is 5.73 Å². The normalized spacial score (nSPS) is 11.2. The molecule has 0 saturated heterocycles. The SMILES string of the molecule is Cc1ccc(/C(=N/NC(N)=S)c2cccc(F)c2)cc1. The number of nitrogens with two attached hydrogens (primary N) is 1. The number of hydrogen-bond donors (Lipinski definition) is 2. The lowest BCUT2D eigenvalue weighted by Crippen LogP contribution is -2.26. The fraction of sp³-hybridized carbons (Fsp3) is 0.0667. The Labute approximate surface area is 122 Å². The summed E-state index contributed by atoms with van der Waals surface area (Å²) in [5.41, 5.74) is 11.2. The monoisotopic (exact) mass is 287 g/mol. The summed E-state index contributed by atoms with van der Waals surface area (Å²) >= 11 is 4.75. The summed E-state index contributed by atoms with van der Waals surface area (Å²) in [7, 11) is 0. The molecule has 3 N–H and O–H groups in total. The zero-order chi connectivity index (χ0) is 14.5. The number of nitrogens with zero attached hydrogens (tertiary/aromatic N) is 1. The third-order valence-electron chi connectivity index (χ3n) is 2.70. The number of hydrogen-bond acceptors (Lipinski definition) is 2. The fourth-order valence-corrected chi connectivity index (χ4v) is 1.80. The summed E-state index contributed by atoms with van der Waals surface area (Å²) in [6, 6.07) is 14.0. The molecule has 0 saturated carbocycles. The minimum atomic E-state index is -0.322. The Kier molecular flexibility index (Phi) is 4.42. The Morgan fingerprint density at radius 1 is 1.15 bits per heavy atom. The average Bonchev–Trinajstić information content (AvgIpc) is 2.41. The molecule has 20 heavy (non-hydrogen) atoms. The Bertz CT molecular complexity index is 650. The van der Waals surface area contributed by atoms with Crippen LogP contribution in [-0.2, 0) is 0 Å². The summed E-state index contributed by atoms with van der Waals surface area (Å²) in [5, 5.41) is 4.23. The van der Waals surface area contributed by atoms with E-state index < -0.39 is 0 Å². The van der Waals surface area contributed by atoms with Crippen molar-refractivity contribution in [2.75, 3.05) is 0 Å². The molecule has 0 atom stereocenters. The highest BCUT2D eigenvalue weighted by atomic mass is 32.1. The van der Waals surface area contributed by atoms with E-state index in [0.29, 0.717) is 11.3 Å². The molecule has 0 heterocycles. The minimum Gasteiger partial charge on any atom is -0.375 e. The van der Waals surface area contributed by atoms with Gasteiger partial charge in [-0.15, -0.1) is 0 Å². The van der Waals surface area contributed by atoms with E-state index in [1.54, 1.807) is 12.1 Å². The van der Waals surface area contributed by atoms with Crippen LogP contribution in [0.3, 0.4) is 0 Å². The van der Waals surface area contributed by atoms with Crippen LogP contribution in [-0.4, -0.2) is 10.8 Å². The highest BCUT2D eigenvalue weighted by Gasteiger charge is 2.08. The van der Waals surface area contributed by atoms with Gasteiger partial charge in [0.15, 0.2) is 5.11 Å². The van der Waals surface area contributed by atoms with Crippen molar-refractivity contribution in [3.05, 3.63) is 71.0 Å². The summed E-state index contributed by atoms with van der Waals surface area (Å²) in [6.45, 7) is 2.00. The number of nitrogens with one attached hydrogen (secondary N) is 1. The predicted octanol–water partition coefficient (Wildman–Crippen LogP) is 2.72. The van der Waals surface area contributed by atoms with Gasteiger partial charge in [0.25, 0.3) is 0 Å². The lowest BCUT2D eigenvalue weighted by Gasteiger charge is -2.08.